The number of hydrogen-bond acceptors (Lipinski definition) is 1. The van der Waals surface area contributed by atoms with Crippen LogP contribution in [0.25, 0.3) is 0 Å². The van der Waals surface area contributed by atoms with Crippen molar-refractivity contribution in [3.63, 3.8) is 0 Å². The molecule has 0 aliphatic carbocycles. The largest absolute Gasteiger partial charge is 0.416 e. The first kappa shape index (κ1) is 16.0. The zero-order valence-electron chi connectivity index (χ0n) is 11.1. The lowest BCUT2D eigenvalue weighted by Gasteiger charge is -2.14. The van der Waals surface area contributed by atoms with Crippen LogP contribution in [-0.2, 0) is 12.6 Å². The van der Waals surface area contributed by atoms with Crippen LogP contribution >= 0.6 is 11.8 Å². The zero-order valence-corrected chi connectivity index (χ0v) is 11.9. The van der Waals surface area contributed by atoms with E-state index < -0.39 is 11.7 Å². The Morgan fingerprint density at radius 1 is 1.21 bits per heavy atom. The molecule has 0 N–H and O–H groups in total. The van der Waals surface area contributed by atoms with Gasteiger partial charge in [-0.2, -0.15) is 13.2 Å². The Bertz CT molecular complexity index is 467. The number of rotatable bonds is 4. The first-order valence-corrected chi connectivity index (χ1v) is 7.42. The molecular weight excluding hydrogens is 269 g/mol. The van der Waals surface area contributed by atoms with Crippen LogP contribution in [0.5, 0.6) is 0 Å². The molecule has 0 aliphatic heterocycles. The van der Waals surface area contributed by atoms with Gasteiger partial charge >= 0.3 is 6.18 Å². The highest BCUT2D eigenvalue weighted by Gasteiger charge is 2.33. The van der Waals surface area contributed by atoms with Crippen LogP contribution in [0.4, 0.5) is 13.2 Å². The summed E-state index contributed by atoms with van der Waals surface area (Å²) in [4.78, 5) is 0.652. The Balaban J connectivity index is 2.98. The first-order chi connectivity index (χ1) is 9.00. The number of unbranched alkanes of at least 4 members (excludes halogenated alkanes) is 2. The highest BCUT2D eigenvalue weighted by Crippen LogP contribution is 2.36. The van der Waals surface area contributed by atoms with Crippen LogP contribution in [0, 0.1) is 11.8 Å². The Morgan fingerprint density at radius 3 is 2.53 bits per heavy atom. The van der Waals surface area contributed by atoms with Gasteiger partial charge in [0.15, 0.2) is 0 Å². The average Bonchev–Trinajstić information content (AvgIpc) is 2.37. The minimum absolute atomic E-state index is 0.162. The molecule has 4 heteroatoms. The van der Waals surface area contributed by atoms with E-state index in [-0.39, 0.29) is 6.42 Å². The summed E-state index contributed by atoms with van der Waals surface area (Å²) in [6.45, 7) is 2.06. The predicted molar refractivity (Wildman–Crippen MR) is 74.2 cm³/mol. The molecule has 0 unspecified atom stereocenters. The quantitative estimate of drug-likeness (QED) is 0.418. The summed E-state index contributed by atoms with van der Waals surface area (Å²) in [6.07, 6.45) is 0.414. The van der Waals surface area contributed by atoms with Crippen molar-refractivity contribution in [2.24, 2.45) is 0 Å². The molecule has 0 atom stereocenters. The van der Waals surface area contributed by atoms with E-state index in [1.807, 2.05) is 0 Å². The molecule has 0 nitrogen and oxygen atoms in total. The van der Waals surface area contributed by atoms with Crippen molar-refractivity contribution in [1.82, 2.24) is 0 Å². The Kier molecular flexibility index (Phi) is 6.30. The molecule has 0 aliphatic rings. The fraction of sp³-hybridized carbons (Fsp3) is 0.467. The molecule has 19 heavy (non-hydrogen) atoms. The summed E-state index contributed by atoms with van der Waals surface area (Å²) in [5.74, 6) is 5.80. The smallest absolute Gasteiger partial charge is 0.166 e. The summed E-state index contributed by atoms with van der Waals surface area (Å²) in [5, 5.41) is 0. The molecule has 1 aromatic rings. The third kappa shape index (κ3) is 4.83. The van der Waals surface area contributed by atoms with Gasteiger partial charge in [-0.1, -0.05) is 25.3 Å². The summed E-state index contributed by atoms with van der Waals surface area (Å²) >= 11 is 1.33. The average molecular weight is 286 g/mol. The Hall–Kier alpha value is -1.08. The monoisotopic (exact) mass is 286 g/mol. The van der Waals surface area contributed by atoms with Gasteiger partial charge in [-0.3, -0.25) is 0 Å². The van der Waals surface area contributed by atoms with Gasteiger partial charge in [-0.05, 0) is 30.4 Å². The minimum atomic E-state index is -4.31. The Morgan fingerprint density at radius 2 is 1.95 bits per heavy atom. The van der Waals surface area contributed by atoms with Gasteiger partial charge in [0.05, 0.1) is 5.56 Å². The molecule has 0 spiro atoms. The number of benzene rings is 1. The van der Waals surface area contributed by atoms with E-state index in [4.69, 9.17) is 0 Å². The van der Waals surface area contributed by atoms with Gasteiger partial charge in [0.25, 0.3) is 0 Å². The standard InChI is InChI=1S/C15H17F3S/c1-3-4-5-6-7-9-12-13(15(16,17)18)10-8-11-14(12)19-2/h8,10-11H,3-5,9H2,1-2H3. The summed E-state index contributed by atoms with van der Waals surface area (Å²) in [5.41, 5.74) is -0.268. The second-order valence-corrected chi connectivity index (χ2v) is 4.97. The second kappa shape index (κ2) is 7.49. The Labute approximate surface area is 116 Å². The molecule has 0 saturated heterocycles. The van der Waals surface area contributed by atoms with Crippen LogP contribution in [0.1, 0.15) is 37.3 Å². The van der Waals surface area contributed by atoms with Crippen molar-refractivity contribution < 1.29 is 13.2 Å². The van der Waals surface area contributed by atoms with E-state index in [1.54, 1.807) is 12.3 Å². The molecule has 0 saturated carbocycles. The lowest BCUT2D eigenvalue weighted by Crippen LogP contribution is -2.09. The first-order valence-electron chi connectivity index (χ1n) is 6.19. The van der Waals surface area contributed by atoms with Gasteiger partial charge in [-0.25, -0.2) is 0 Å². The maximum absolute atomic E-state index is 12.9. The van der Waals surface area contributed by atoms with E-state index in [0.717, 1.165) is 25.3 Å². The molecule has 0 heterocycles. The van der Waals surface area contributed by atoms with Crippen molar-refractivity contribution in [2.75, 3.05) is 6.26 Å². The second-order valence-electron chi connectivity index (χ2n) is 4.12. The molecular formula is C15H17F3S. The molecule has 104 valence electrons. The predicted octanol–water partition coefficient (Wildman–Crippen LogP) is 5.16. The van der Waals surface area contributed by atoms with E-state index in [2.05, 4.69) is 18.8 Å². The molecule has 1 rings (SSSR count). The van der Waals surface area contributed by atoms with Gasteiger partial charge in [0.2, 0.25) is 0 Å². The van der Waals surface area contributed by atoms with Crippen LogP contribution in [0.3, 0.4) is 0 Å². The van der Waals surface area contributed by atoms with Crippen molar-refractivity contribution in [2.45, 2.75) is 43.7 Å². The van der Waals surface area contributed by atoms with Crippen LogP contribution in [-0.4, -0.2) is 6.26 Å². The van der Waals surface area contributed by atoms with Crippen LogP contribution in [0.15, 0.2) is 23.1 Å². The third-order valence-corrected chi connectivity index (χ3v) is 3.53. The van der Waals surface area contributed by atoms with Gasteiger partial charge in [0.1, 0.15) is 0 Å². The van der Waals surface area contributed by atoms with Crippen LogP contribution in [0.2, 0.25) is 0 Å². The van der Waals surface area contributed by atoms with Crippen molar-refractivity contribution in [1.29, 1.82) is 0 Å². The highest BCUT2D eigenvalue weighted by molar-refractivity contribution is 7.98. The lowest BCUT2D eigenvalue weighted by atomic mass is 10.0. The van der Waals surface area contributed by atoms with E-state index in [1.165, 1.54) is 17.8 Å². The third-order valence-electron chi connectivity index (χ3n) is 2.70. The number of alkyl halides is 3. The fourth-order valence-electron chi connectivity index (χ4n) is 1.71. The van der Waals surface area contributed by atoms with E-state index >= 15 is 0 Å². The van der Waals surface area contributed by atoms with E-state index in [0.29, 0.717) is 10.5 Å². The number of hydrogen-bond donors (Lipinski definition) is 0. The van der Waals surface area contributed by atoms with Crippen molar-refractivity contribution >= 4 is 11.8 Å². The molecule has 0 amide bonds. The van der Waals surface area contributed by atoms with Gasteiger partial charge in [-0.15, -0.1) is 17.7 Å². The maximum Gasteiger partial charge on any atom is 0.416 e. The van der Waals surface area contributed by atoms with Crippen molar-refractivity contribution in [3.8, 4) is 11.8 Å². The summed E-state index contributed by atoms with van der Waals surface area (Å²) in [7, 11) is 0. The topological polar surface area (TPSA) is 0 Å². The highest BCUT2D eigenvalue weighted by atomic mass is 32.2. The maximum atomic E-state index is 12.9. The summed E-state index contributed by atoms with van der Waals surface area (Å²) in [6, 6.07) is 4.29. The zero-order chi connectivity index (χ0) is 14.3. The molecule has 0 radical (unpaired) electrons. The van der Waals surface area contributed by atoms with Gasteiger partial charge < -0.3 is 0 Å². The van der Waals surface area contributed by atoms with Crippen LogP contribution < -0.4 is 0 Å². The van der Waals surface area contributed by atoms with Crippen molar-refractivity contribution in [3.05, 3.63) is 29.3 Å². The lowest BCUT2D eigenvalue weighted by molar-refractivity contribution is -0.138. The molecule has 0 fully saturated rings. The molecule has 0 aromatic heterocycles. The normalized spacial score (nSPS) is 11.0. The van der Waals surface area contributed by atoms with E-state index in [9.17, 15) is 13.2 Å². The number of halogens is 3. The SMILES string of the molecule is CCCCC#CCc1c(SC)cccc1C(F)(F)F. The number of thioether (sulfide) groups is 1. The molecule has 1 aromatic carbocycles. The minimum Gasteiger partial charge on any atom is -0.166 e. The van der Waals surface area contributed by atoms with Gasteiger partial charge in [0, 0.05) is 17.7 Å². The fourth-order valence-corrected chi connectivity index (χ4v) is 2.35. The summed E-state index contributed by atoms with van der Waals surface area (Å²) < 4.78 is 38.8. The molecule has 0 bridgehead atoms.